The summed E-state index contributed by atoms with van der Waals surface area (Å²) in [5, 5.41) is 21.8. The van der Waals surface area contributed by atoms with Crippen LogP contribution < -0.4 is 4.74 Å². The van der Waals surface area contributed by atoms with Gasteiger partial charge in [-0.15, -0.1) is 0 Å². The standard InChI is InChI=1S/C29H35FN2O4/c1-36-22-10-11-27-24(18-22)23(13-15-31-27)28(33)12-9-20-14-17-32(19-25(20)29(34)35)16-5-4-7-21-6-2-3-8-26(21)30/h2-3,6,8,10-11,13,15,18,20,25,28,33H,4-5,7,9,12,14,16-17,19H2,1H3,(H,34,35)/t20-,25+,28-/m1/s1. The van der Waals surface area contributed by atoms with Crippen LogP contribution in [0.25, 0.3) is 10.9 Å². The van der Waals surface area contributed by atoms with Crippen LogP contribution in [-0.2, 0) is 11.2 Å². The third-order valence-electron chi connectivity index (χ3n) is 7.44. The summed E-state index contributed by atoms with van der Waals surface area (Å²) in [6.45, 7) is 2.18. The highest BCUT2D eigenvalue weighted by molar-refractivity contribution is 5.83. The Kier molecular flexibility index (Phi) is 8.88. The number of nitrogens with zero attached hydrogens (tertiary/aromatic N) is 2. The molecule has 2 heterocycles. The van der Waals surface area contributed by atoms with E-state index in [2.05, 4.69) is 9.88 Å². The van der Waals surface area contributed by atoms with Crippen molar-refractivity contribution in [1.82, 2.24) is 9.88 Å². The summed E-state index contributed by atoms with van der Waals surface area (Å²) in [5.74, 6) is -0.660. The highest BCUT2D eigenvalue weighted by Gasteiger charge is 2.34. The molecule has 2 aromatic carbocycles. The van der Waals surface area contributed by atoms with Gasteiger partial charge in [0.05, 0.1) is 24.6 Å². The quantitative estimate of drug-likeness (QED) is 0.355. The highest BCUT2D eigenvalue weighted by atomic mass is 19.1. The van der Waals surface area contributed by atoms with Gasteiger partial charge in [-0.2, -0.15) is 0 Å². The molecule has 0 saturated carbocycles. The van der Waals surface area contributed by atoms with Crippen LogP contribution in [0, 0.1) is 17.7 Å². The molecule has 0 aliphatic carbocycles. The van der Waals surface area contributed by atoms with Gasteiger partial charge >= 0.3 is 5.97 Å². The number of aliphatic hydroxyl groups excluding tert-OH is 1. The van der Waals surface area contributed by atoms with Gasteiger partial charge in [-0.3, -0.25) is 9.78 Å². The summed E-state index contributed by atoms with van der Waals surface area (Å²) in [4.78, 5) is 18.7. The lowest BCUT2D eigenvalue weighted by molar-refractivity contribution is -0.146. The third kappa shape index (κ3) is 6.39. The van der Waals surface area contributed by atoms with Gasteiger partial charge in [0.2, 0.25) is 0 Å². The van der Waals surface area contributed by atoms with Crippen molar-refractivity contribution in [2.75, 3.05) is 26.7 Å². The van der Waals surface area contributed by atoms with Crippen molar-refractivity contribution in [2.24, 2.45) is 11.8 Å². The number of aromatic nitrogens is 1. The van der Waals surface area contributed by atoms with E-state index in [1.54, 1.807) is 19.4 Å². The smallest absolute Gasteiger partial charge is 0.308 e. The van der Waals surface area contributed by atoms with Gasteiger partial charge in [0.15, 0.2) is 0 Å². The lowest BCUT2D eigenvalue weighted by Crippen LogP contribution is -2.44. The number of benzene rings is 2. The van der Waals surface area contributed by atoms with Gasteiger partial charge in [-0.05, 0) is 99.0 Å². The largest absolute Gasteiger partial charge is 0.497 e. The number of aryl methyl sites for hydroxylation is 1. The minimum atomic E-state index is -0.773. The number of methoxy groups -OCH3 is 1. The Bertz CT molecular complexity index is 1170. The van der Waals surface area contributed by atoms with Crippen LogP contribution in [-0.4, -0.2) is 52.8 Å². The number of carboxylic acid groups (broad SMARTS) is 1. The van der Waals surface area contributed by atoms with Gasteiger partial charge in [-0.1, -0.05) is 18.2 Å². The Morgan fingerprint density at radius 2 is 2.06 bits per heavy atom. The molecule has 1 aliphatic heterocycles. The predicted molar refractivity (Wildman–Crippen MR) is 137 cm³/mol. The van der Waals surface area contributed by atoms with Crippen LogP contribution in [0.1, 0.15) is 49.3 Å². The summed E-state index contributed by atoms with van der Waals surface area (Å²) in [5.41, 5.74) is 2.32. The normalized spacial score (nSPS) is 19.3. The second-order valence-electron chi connectivity index (χ2n) is 9.72. The summed E-state index contributed by atoms with van der Waals surface area (Å²) < 4.78 is 19.1. The van der Waals surface area contributed by atoms with E-state index in [4.69, 9.17) is 4.74 Å². The number of ether oxygens (including phenoxy) is 1. The average Bonchev–Trinajstić information content (AvgIpc) is 2.90. The van der Waals surface area contributed by atoms with Crippen molar-refractivity contribution >= 4 is 16.9 Å². The number of aliphatic carboxylic acids is 1. The molecule has 1 saturated heterocycles. The highest BCUT2D eigenvalue weighted by Crippen LogP contribution is 2.33. The van der Waals surface area contributed by atoms with E-state index in [-0.39, 0.29) is 11.7 Å². The monoisotopic (exact) mass is 494 g/mol. The van der Waals surface area contributed by atoms with Crippen molar-refractivity contribution in [3.63, 3.8) is 0 Å². The number of hydrogen-bond donors (Lipinski definition) is 2. The molecule has 36 heavy (non-hydrogen) atoms. The summed E-state index contributed by atoms with van der Waals surface area (Å²) in [6.07, 6.45) is 5.39. The second kappa shape index (κ2) is 12.3. The number of unbranched alkanes of at least 4 members (excludes halogenated alkanes) is 1. The van der Waals surface area contributed by atoms with Crippen molar-refractivity contribution in [3.05, 3.63) is 71.7 Å². The van der Waals surface area contributed by atoms with Gasteiger partial charge in [0, 0.05) is 18.1 Å². The van der Waals surface area contributed by atoms with E-state index in [9.17, 15) is 19.4 Å². The van der Waals surface area contributed by atoms with E-state index in [1.807, 2.05) is 36.4 Å². The number of hydrogen-bond acceptors (Lipinski definition) is 5. The van der Waals surface area contributed by atoms with Gasteiger partial charge in [-0.25, -0.2) is 4.39 Å². The third-order valence-corrected chi connectivity index (χ3v) is 7.44. The molecule has 1 aliphatic rings. The van der Waals surface area contributed by atoms with Crippen molar-refractivity contribution in [2.45, 2.75) is 44.6 Å². The zero-order valence-corrected chi connectivity index (χ0v) is 20.8. The molecule has 2 N–H and O–H groups in total. The first kappa shape index (κ1) is 26.0. The number of aliphatic hydroxyl groups is 1. The first-order chi connectivity index (χ1) is 17.5. The molecule has 0 spiro atoms. The molecule has 192 valence electrons. The zero-order valence-electron chi connectivity index (χ0n) is 20.8. The SMILES string of the molecule is COc1ccc2nccc([C@H](O)CC[C@@H]3CCN(CCCCc4ccccc4F)C[C@@H]3C(=O)O)c2c1. The molecule has 3 atom stereocenters. The van der Waals surface area contributed by atoms with Crippen LogP contribution >= 0.6 is 0 Å². The number of carbonyl (C=O) groups is 1. The minimum absolute atomic E-state index is 0.0226. The number of rotatable bonds is 11. The number of likely N-dealkylation sites (tertiary alicyclic amines) is 1. The maximum atomic E-state index is 13.8. The average molecular weight is 495 g/mol. The molecule has 6 nitrogen and oxygen atoms in total. The maximum absolute atomic E-state index is 13.8. The Balaban J connectivity index is 1.30. The van der Waals surface area contributed by atoms with E-state index in [0.717, 1.165) is 54.4 Å². The van der Waals surface area contributed by atoms with E-state index in [1.165, 1.54) is 6.07 Å². The van der Waals surface area contributed by atoms with E-state index < -0.39 is 18.0 Å². The Hall–Kier alpha value is -3.03. The van der Waals surface area contributed by atoms with Crippen molar-refractivity contribution in [3.8, 4) is 5.75 Å². The number of piperidine rings is 1. The van der Waals surface area contributed by atoms with Crippen LogP contribution in [0.5, 0.6) is 5.75 Å². The Morgan fingerprint density at radius 3 is 2.83 bits per heavy atom. The van der Waals surface area contributed by atoms with Gasteiger partial charge in [0.25, 0.3) is 0 Å². The first-order valence-electron chi connectivity index (χ1n) is 12.8. The predicted octanol–water partition coefficient (Wildman–Crippen LogP) is 5.24. The second-order valence-corrected chi connectivity index (χ2v) is 9.72. The fourth-order valence-electron chi connectivity index (χ4n) is 5.34. The molecule has 1 fully saturated rings. The number of pyridine rings is 1. The van der Waals surface area contributed by atoms with Gasteiger partial charge in [0.1, 0.15) is 11.6 Å². The molecule has 0 radical (unpaired) electrons. The molecule has 3 aromatic rings. The first-order valence-corrected chi connectivity index (χ1v) is 12.8. The van der Waals surface area contributed by atoms with Gasteiger partial charge < -0.3 is 19.8 Å². The molecule has 0 unspecified atom stereocenters. The lowest BCUT2D eigenvalue weighted by Gasteiger charge is -2.37. The molecular weight excluding hydrogens is 459 g/mol. The molecule has 0 amide bonds. The van der Waals surface area contributed by atoms with E-state index in [0.29, 0.717) is 31.6 Å². The summed E-state index contributed by atoms with van der Waals surface area (Å²) >= 11 is 0. The number of carboxylic acids is 1. The summed E-state index contributed by atoms with van der Waals surface area (Å²) in [7, 11) is 1.61. The molecular formula is C29H35FN2O4. The fraction of sp³-hybridized carbons (Fsp3) is 0.448. The fourth-order valence-corrected chi connectivity index (χ4v) is 5.34. The molecule has 1 aromatic heterocycles. The van der Waals surface area contributed by atoms with Crippen molar-refractivity contribution in [1.29, 1.82) is 0 Å². The number of halogens is 1. The van der Waals surface area contributed by atoms with Crippen LogP contribution in [0.15, 0.2) is 54.7 Å². The summed E-state index contributed by atoms with van der Waals surface area (Å²) in [6, 6.07) is 14.3. The zero-order chi connectivity index (χ0) is 25.5. The Labute approximate surface area is 211 Å². The van der Waals surface area contributed by atoms with Crippen LogP contribution in [0.3, 0.4) is 0 Å². The van der Waals surface area contributed by atoms with E-state index >= 15 is 0 Å². The van der Waals surface area contributed by atoms with Crippen molar-refractivity contribution < 1.29 is 24.1 Å². The molecule has 7 heteroatoms. The maximum Gasteiger partial charge on any atom is 0.308 e. The molecule has 0 bridgehead atoms. The topological polar surface area (TPSA) is 82.9 Å². The number of fused-ring (bicyclic) bond motifs is 1. The molecule has 4 rings (SSSR count). The lowest BCUT2D eigenvalue weighted by atomic mass is 9.81. The Morgan fingerprint density at radius 1 is 1.22 bits per heavy atom. The minimum Gasteiger partial charge on any atom is -0.497 e. The van der Waals surface area contributed by atoms with Crippen LogP contribution in [0.2, 0.25) is 0 Å². The van der Waals surface area contributed by atoms with Crippen LogP contribution in [0.4, 0.5) is 4.39 Å².